The van der Waals surface area contributed by atoms with Crippen molar-refractivity contribution in [3.63, 3.8) is 0 Å². The number of aromatic amines is 1. The normalized spacial score (nSPS) is 18.5. The average Bonchev–Trinajstić information content (AvgIpc) is 3.67. The number of nitrogens with zero attached hydrogens (tertiary/aromatic N) is 3. The number of rotatable bonds is 9. The lowest BCUT2D eigenvalue weighted by atomic mass is 10.0. The third-order valence-electron chi connectivity index (χ3n) is 6.35. The second-order valence-electron chi connectivity index (χ2n) is 8.83. The summed E-state index contributed by atoms with van der Waals surface area (Å²) >= 11 is 0. The highest BCUT2D eigenvalue weighted by Crippen LogP contribution is 2.34. The first-order chi connectivity index (χ1) is 16.1. The maximum Gasteiger partial charge on any atom is 0.271 e. The van der Waals surface area contributed by atoms with Crippen LogP contribution in [-0.2, 0) is 4.79 Å². The number of likely N-dealkylation sites (N-methyl/N-ethyl adjacent to an activating group) is 1. The van der Waals surface area contributed by atoms with Crippen LogP contribution in [0.25, 0.3) is 11.1 Å². The standard InChI is InChI=1S/C25H33N5O3/c1-26-10-3-6-24(31)29-12-4-5-21(17-29)30(16-18-7-8-18)22-13-20(15-28-25(22)32)19-9-11-27-23(14-19)33-2/h3,6,9,11,13-15,18,21,26H,4-5,7-8,10,12,16-17H2,1-2H3,(H,28,32)/b6-3+/t21-/m0/s1. The zero-order chi connectivity index (χ0) is 23.2. The van der Waals surface area contributed by atoms with E-state index in [1.165, 1.54) is 12.8 Å². The number of ether oxygens (including phenoxy) is 1. The highest BCUT2D eigenvalue weighted by Gasteiger charge is 2.33. The Kier molecular flexibility index (Phi) is 7.44. The molecule has 33 heavy (non-hydrogen) atoms. The summed E-state index contributed by atoms with van der Waals surface area (Å²) < 4.78 is 5.26. The van der Waals surface area contributed by atoms with E-state index in [9.17, 15) is 9.59 Å². The van der Waals surface area contributed by atoms with Gasteiger partial charge in [0.15, 0.2) is 0 Å². The van der Waals surface area contributed by atoms with Crippen molar-refractivity contribution in [3.8, 4) is 17.0 Å². The topological polar surface area (TPSA) is 90.6 Å². The van der Waals surface area contributed by atoms with Gasteiger partial charge in [0, 0.05) is 62.3 Å². The van der Waals surface area contributed by atoms with Gasteiger partial charge in [-0.3, -0.25) is 9.59 Å². The molecule has 2 fully saturated rings. The fourth-order valence-corrected chi connectivity index (χ4v) is 4.37. The van der Waals surface area contributed by atoms with E-state index in [4.69, 9.17) is 4.74 Å². The summed E-state index contributed by atoms with van der Waals surface area (Å²) in [5, 5.41) is 3.02. The molecule has 2 aromatic rings. The van der Waals surface area contributed by atoms with Gasteiger partial charge < -0.3 is 24.8 Å². The number of piperidine rings is 1. The Morgan fingerprint density at radius 2 is 2.18 bits per heavy atom. The fourth-order valence-electron chi connectivity index (χ4n) is 4.37. The lowest BCUT2D eigenvalue weighted by Gasteiger charge is -2.40. The van der Waals surface area contributed by atoms with Gasteiger partial charge in [-0.2, -0.15) is 0 Å². The van der Waals surface area contributed by atoms with Crippen molar-refractivity contribution in [2.45, 2.75) is 31.7 Å². The Bertz CT molecular complexity index is 1050. The van der Waals surface area contributed by atoms with Gasteiger partial charge >= 0.3 is 0 Å². The maximum atomic E-state index is 13.0. The smallest absolute Gasteiger partial charge is 0.271 e. The molecule has 4 rings (SSSR count). The second kappa shape index (κ2) is 10.7. The quantitative estimate of drug-likeness (QED) is 0.569. The number of hydrogen-bond acceptors (Lipinski definition) is 6. The highest BCUT2D eigenvalue weighted by atomic mass is 16.5. The van der Waals surface area contributed by atoms with Crippen LogP contribution in [-0.4, -0.2) is 67.2 Å². The first-order valence-corrected chi connectivity index (χ1v) is 11.7. The minimum atomic E-state index is -0.0993. The van der Waals surface area contributed by atoms with E-state index in [1.807, 2.05) is 36.2 Å². The molecule has 2 aliphatic rings. The summed E-state index contributed by atoms with van der Waals surface area (Å²) in [7, 11) is 3.45. The molecule has 176 valence electrons. The number of likely N-dealkylation sites (tertiary alicyclic amines) is 1. The molecular weight excluding hydrogens is 418 g/mol. The van der Waals surface area contributed by atoms with Crippen molar-refractivity contribution < 1.29 is 9.53 Å². The molecule has 0 bridgehead atoms. The molecule has 1 aliphatic carbocycles. The molecule has 0 aromatic carbocycles. The predicted octanol–water partition coefficient (Wildman–Crippen LogP) is 2.43. The van der Waals surface area contributed by atoms with E-state index in [0.717, 1.165) is 37.1 Å². The molecule has 1 saturated heterocycles. The zero-order valence-electron chi connectivity index (χ0n) is 19.4. The number of carbonyl (C=O) groups is 1. The Morgan fingerprint density at radius 3 is 2.94 bits per heavy atom. The van der Waals surface area contributed by atoms with Crippen molar-refractivity contribution in [2.24, 2.45) is 5.92 Å². The zero-order valence-corrected chi connectivity index (χ0v) is 19.4. The van der Waals surface area contributed by atoms with Crippen LogP contribution in [0.1, 0.15) is 25.7 Å². The van der Waals surface area contributed by atoms with Gasteiger partial charge in [-0.25, -0.2) is 4.98 Å². The highest BCUT2D eigenvalue weighted by molar-refractivity contribution is 5.87. The van der Waals surface area contributed by atoms with Gasteiger partial charge in [0.2, 0.25) is 11.8 Å². The van der Waals surface area contributed by atoms with Gasteiger partial charge in [-0.15, -0.1) is 0 Å². The Labute approximate surface area is 194 Å². The largest absolute Gasteiger partial charge is 0.481 e. The van der Waals surface area contributed by atoms with Crippen LogP contribution in [0.4, 0.5) is 5.69 Å². The third-order valence-corrected chi connectivity index (χ3v) is 6.35. The Hall–Kier alpha value is -3.13. The number of nitrogens with one attached hydrogen (secondary N) is 2. The number of aromatic nitrogens is 2. The minimum absolute atomic E-state index is 0.0351. The first-order valence-electron chi connectivity index (χ1n) is 11.7. The molecule has 2 N–H and O–H groups in total. The van der Waals surface area contributed by atoms with Crippen LogP contribution in [0.5, 0.6) is 5.88 Å². The van der Waals surface area contributed by atoms with Crippen molar-refractivity contribution >= 4 is 11.6 Å². The van der Waals surface area contributed by atoms with Crippen LogP contribution in [0.2, 0.25) is 0 Å². The molecule has 2 aromatic heterocycles. The molecule has 1 aliphatic heterocycles. The van der Waals surface area contributed by atoms with E-state index in [-0.39, 0.29) is 17.5 Å². The molecule has 0 radical (unpaired) electrons. The summed E-state index contributed by atoms with van der Waals surface area (Å²) in [6, 6.07) is 5.85. The van der Waals surface area contributed by atoms with Crippen LogP contribution in [0.15, 0.2) is 47.5 Å². The van der Waals surface area contributed by atoms with Crippen molar-refractivity contribution in [2.75, 3.05) is 45.2 Å². The van der Waals surface area contributed by atoms with E-state index in [1.54, 1.807) is 25.6 Å². The summed E-state index contributed by atoms with van der Waals surface area (Å²) in [5.74, 6) is 1.17. The lowest BCUT2D eigenvalue weighted by molar-refractivity contribution is -0.127. The average molecular weight is 452 g/mol. The molecule has 1 saturated carbocycles. The number of anilines is 1. The summed E-state index contributed by atoms with van der Waals surface area (Å²) in [5.41, 5.74) is 2.41. The monoisotopic (exact) mass is 451 g/mol. The van der Waals surface area contributed by atoms with E-state index in [2.05, 4.69) is 20.2 Å². The Balaban J connectivity index is 1.60. The van der Waals surface area contributed by atoms with E-state index >= 15 is 0 Å². The van der Waals surface area contributed by atoms with Crippen LogP contribution in [0, 0.1) is 5.92 Å². The van der Waals surface area contributed by atoms with E-state index < -0.39 is 0 Å². The number of H-pyrrole nitrogens is 1. The summed E-state index contributed by atoms with van der Waals surface area (Å²) in [6.45, 7) is 2.89. The van der Waals surface area contributed by atoms with Gasteiger partial charge in [0.25, 0.3) is 5.56 Å². The SMILES string of the molecule is CNC/C=C/C(=O)N1CCC[C@H](N(CC2CC2)c2cc(-c3ccnc(OC)c3)c[nH]c2=O)C1. The first kappa shape index (κ1) is 23.0. The molecule has 1 atom stereocenters. The van der Waals surface area contributed by atoms with Gasteiger partial charge in [-0.1, -0.05) is 6.08 Å². The van der Waals surface area contributed by atoms with Crippen LogP contribution < -0.4 is 20.5 Å². The minimum Gasteiger partial charge on any atom is -0.481 e. The lowest BCUT2D eigenvalue weighted by Crippen LogP contribution is -2.51. The van der Waals surface area contributed by atoms with Gasteiger partial charge in [0.1, 0.15) is 5.69 Å². The van der Waals surface area contributed by atoms with Gasteiger partial charge in [-0.05, 0) is 56.3 Å². The van der Waals surface area contributed by atoms with Crippen molar-refractivity contribution in [3.05, 3.63) is 53.1 Å². The van der Waals surface area contributed by atoms with Crippen LogP contribution in [0.3, 0.4) is 0 Å². The molecule has 3 heterocycles. The summed E-state index contributed by atoms with van der Waals surface area (Å²) in [4.78, 5) is 36.9. The van der Waals surface area contributed by atoms with Gasteiger partial charge in [0.05, 0.1) is 7.11 Å². The Morgan fingerprint density at radius 1 is 1.33 bits per heavy atom. The second-order valence-corrected chi connectivity index (χ2v) is 8.83. The number of methoxy groups -OCH3 is 1. The molecule has 8 heteroatoms. The number of hydrogen-bond donors (Lipinski definition) is 2. The number of amides is 1. The maximum absolute atomic E-state index is 13.0. The molecule has 1 amide bonds. The molecule has 0 unspecified atom stereocenters. The van der Waals surface area contributed by atoms with Crippen molar-refractivity contribution in [1.82, 2.24) is 20.2 Å². The fraction of sp³-hybridized carbons (Fsp3) is 0.480. The molecule has 0 spiro atoms. The molecule has 8 nitrogen and oxygen atoms in total. The van der Waals surface area contributed by atoms with Crippen LogP contribution >= 0.6 is 0 Å². The predicted molar refractivity (Wildman–Crippen MR) is 130 cm³/mol. The number of pyridine rings is 2. The van der Waals surface area contributed by atoms with E-state index in [0.29, 0.717) is 30.6 Å². The summed E-state index contributed by atoms with van der Waals surface area (Å²) in [6.07, 6.45) is 11.2. The third kappa shape index (κ3) is 5.82. The number of carbonyl (C=O) groups excluding carboxylic acids is 1. The van der Waals surface area contributed by atoms with Crippen molar-refractivity contribution in [1.29, 1.82) is 0 Å². The molecular formula is C25H33N5O3.